The Labute approximate surface area is 157 Å². The molecule has 1 aliphatic rings. The molecule has 3 rings (SSSR count). The minimum atomic E-state index is -0.439. The van der Waals surface area contributed by atoms with E-state index in [1.807, 2.05) is 24.3 Å². The Morgan fingerprint density at radius 3 is 2.42 bits per heavy atom. The smallest absolute Gasteiger partial charge is 0.246 e. The van der Waals surface area contributed by atoms with E-state index in [2.05, 4.69) is 4.90 Å². The van der Waals surface area contributed by atoms with Gasteiger partial charge in [0.1, 0.15) is 11.6 Å². The molecule has 0 atom stereocenters. The van der Waals surface area contributed by atoms with E-state index in [-0.39, 0.29) is 11.5 Å². The highest BCUT2D eigenvalue weighted by molar-refractivity contribution is 6.32. The van der Waals surface area contributed by atoms with Crippen LogP contribution in [-0.4, -0.2) is 44.1 Å². The summed E-state index contributed by atoms with van der Waals surface area (Å²) in [5, 5.41) is 0.290. The zero-order valence-corrected chi connectivity index (χ0v) is 15.2. The molecule has 0 aromatic heterocycles. The average molecular weight is 375 g/mol. The molecule has 136 valence electrons. The van der Waals surface area contributed by atoms with Crippen LogP contribution in [0.25, 0.3) is 6.08 Å². The number of ether oxygens (including phenoxy) is 1. The molecular formula is C20H20ClFN2O2. The number of rotatable bonds is 4. The van der Waals surface area contributed by atoms with Crippen LogP contribution in [0.5, 0.6) is 5.75 Å². The molecule has 1 aliphatic heterocycles. The highest BCUT2D eigenvalue weighted by Crippen LogP contribution is 2.22. The second-order valence-electron chi connectivity index (χ2n) is 5.98. The third-order valence-corrected chi connectivity index (χ3v) is 4.75. The summed E-state index contributed by atoms with van der Waals surface area (Å²) < 4.78 is 18.9. The lowest BCUT2D eigenvalue weighted by Crippen LogP contribution is -2.48. The van der Waals surface area contributed by atoms with Crippen LogP contribution in [0.3, 0.4) is 0 Å². The third kappa shape index (κ3) is 4.17. The van der Waals surface area contributed by atoms with Crippen LogP contribution in [0.2, 0.25) is 5.02 Å². The van der Waals surface area contributed by atoms with E-state index in [1.54, 1.807) is 18.1 Å². The monoisotopic (exact) mass is 374 g/mol. The summed E-state index contributed by atoms with van der Waals surface area (Å²) >= 11 is 5.98. The molecular weight excluding hydrogens is 355 g/mol. The number of amides is 1. The number of methoxy groups -OCH3 is 1. The molecule has 26 heavy (non-hydrogen) atoms. The molecule has 4 nitrogen and oxygen atoms in total. The molecule has 1 fully saturated rings. The first kappa shape index (κ1) is 18.3. The maximum absolute atomic E-state index is 13.8. The van der Waals surface area contributed by atoms with Crippen molar-refractivity contribution in [2.75, 3.05) is 38.2 Å². The normalized spacial score (nSPS) is 14.7. The van der Waals surface area contributed by atoms with Crippen LogP contribution in [-0.2, 0) is 4.79 Å². The quantitative estimate of drug-likeness (QED) is 0.762. The predicted molar refractivity (Wildman–Crippen MR) is 102 cm³/mol. The maximum atomic E-state index is 13.8. The number of halogens is 2. The Hall–Kier alpha value is -2.53. The maximum Gasteiger partial charge on any atom is 0.246 e. The van der Waals surface area contributed by atoms with Crippen molar-refractivity contribution >= 4 is 29.3 Å². The second-order valence-corrected chi connectivity index (χ2v) is 6.39. The first-order valence-corrected chi connectivity index (χ1v) is 8.76. The van der Waals surface area contributed by atoms with Gasteiger partial charge in [0, 0.05) is 43.5 Å². The minimum absolute atomic E-state index is 0.140. The van der Waals surface area contributed by atoms with Crippen molar-refractivity contribution in [3.63, 3.8) is 0 Å². The summed E-state index contributed by atoms with van der Waals surface area (Å²) in [6.45, 7) is 2.71. The van der Waals surface area contributed by atoms with E-state index < -0.39 is 5.82 Å². The van der Waals surface area contributed by atoms with Crippen LogP contribution >= 0.6 is 11.6 Å². The molecule has 0 saturated carbocycles. The van der Waals surface area contributed by atoms with Gasteiger partial charge in [-0.25, -0.2) is 4.39 Å². The van der Waals surface area contributed by atoms with Gasteiger partial charge in [0.05, 0.1) is 12.1 Å². The molecule has 1 saturated heterocycles. The summed E-state index contributed by atoms with van der Waals surface area (Å²) in [5.74, 6) is 0.240. The van der Waals surface area contributed by atoms with E-state index in [4.69, 9.17) is 16.3 Å². The molecule has 0 unspecified atom stereocenters. The topological polar surface area (TPSA) is 32.8 Å². The van der Waals surface area contributed by atoms with Crippen molar-refractivity contribution < 1.29 is 13.9 Å². The van der Waals surface area contributed by atoms with Gasteiger partial charge in [-0.3, -0.25) is 4.79 Å². The lowest BCUT2D eigenvalue weighted by molar-refractivity contribution is -0.126. The Balaban J connectivity index is 1.59. The van der Waals surface area contributed by atoms with E-state index in [0.717, 1.165) is 24.5 Å². The van der Waals surface area contributed by atoms with E-state index in [0.29, 0.717) is 18.1 Å². The van der Waals surface area contributed by atoms with Crippen molar-refractivity contribution in [2.24, 2.45) is 0 Å². The summed E-state index contributed by atoms with van der Waals surface area (Å²) in [6, 6.07) is 12.3. The molecule has 1 heterocycles. The van der Waals surface area contributed by atoms with Gasteiger partial charge >= 0.3 is 0 Å². The van der Waals surface area contributed by atoms with Crippen molar-refractivity contribution in [2.45, 2.75) is 0 Å². The van der Waals surface area contributed by atoms with Crippen LogP contribution < -0.4 is 9.64 Å². The second kappa shape index (κ2) is 8.23. The zero-order valence-electron chi connectivity index (χ0n) is 14.5. The van der Waals surface area contributed by atoms with Gasteiger partial charge in [-0.2, -0.15) is 0 Å². The van der Waals surface area contributed by atoms with Crippen LogP contribution in [0.4, 0.5) is 10.1 Å². The third-order valence-electron chi connectivity index (χ3n) is 4.42. The van der Waals surface area contributed by atoms with Crippen LogP contribution in [0, 0.1) is 5.82 Å². The lowest BCUT2D eigenvalue weighted by atomic mass is 10.2. The fraction of sp³-hybridized carbons (Fsp3) is 0.250. The molecule has 0 bridgehead atoms. The summed E-state index contributed by atoms with van der Waals surface area (Å²) in [5.41, 5.74) is 1.34. The number of hydrogen-bond acceptors (Lipinski definition) is 3. The number of hydrogen-bond donors (Lipinski definition) is 0. The Morgan fingerprint density at radius 1 is 1.12 bits per heavy atom. The molecule has 1 amide bonds. The number of anilines is 1. The van der Waals surface area contributed by atoms with Gasteiger partial charge in [-0.1, -0.05) is 17.7 Å². The van der Waals surface area contributed by atoms with Gasteiger partial charge in [0.15, 0.2) is 0 Å². The van der Waals surface area contributed by atoms with Gasteiger partial charge in [0.2, 0.25) is 5.91 Å². The number of nitrogens with zero attached hydrogens (tertiary/aromatic N) is 2. The largest absolute Gasteiger partial charge is 0.497 e. The highest BCUT2D eigenvalue weighted by atomic mass is 35.5. The van der Waals surface area contributed by atoms with Crippen LogP contribution in [0.15, 0.2) is 48.5 Å². The van der Waals surface area contributed by atoms with Crippen LogP contribution in [0.1, 0.15) is 5.56 Å². The summed E-state index contributed by atoms with van der Waals surface area (Å²) in [7, 11) is 1.64. The first-order chi connectivity index (χ1) is 12.6. The summed E-state index contributed by atoms with van der Waals surface area (Å²) in [6.07, 6.45) is 2.82. The molecule has 0 aliphatic carbocycles. The number of piperazine rings is 1. The standard InChI is InChI=1S/C20H20ClFN2O2/c1-26-16-7-5-15(6-8-16)23-11-13-24(14-12-23)20(25)10-9-17-18(21)3-2-4-19(17)22/h2-10H,11-14H2,1H3/b10-9+. The SMILES string of the molecule is COc1ccc(N2CCN(C(=O)/C=C/c3c(F)cccc3Cl)CC2)cc1. The summed E-state index contributed by atoms with van der Waals surface area (Å²) in [4.78, 5) is 16.3. The van der Waals surface area contributed by atoms with Crippen molar-refractivity contribution in [3.05, 3.63) is 64.9 Å². The van der Waals surface area contributed by atoms with Gasteiger partial charge in [-0.15, -0.1) is 0 Å². The van der Waals surface area contributed by atoms with Crippen molar-refractivity contribution in [3.8, 4) is 5.75 Å². The van der Waals surface area contributed by atoms with Gasteiger partial charge in [0.25, 0.3) is 0 Å². The molecule has 6 heteroatoms. The minimum Gasteiger partial charge on any atom is -0.497 e. The lowest BCUT2D eigenvalue weighted by Gasteiger charge is -2.35. The fourth-order valence-electron chi connectivity index (χ4n) is 2.91. The average Bonchev–Trinajstić information content (AvgIpc) is 2.67. The van der Waals surface area contributed by atoms with E-state index >= 15 is 0 Å². The number of benzene rings is 2. The Bertz CT molecular complexity index is 780. The number of carbonyl (C=O) groups excluding carboxylic acids is 1. The highest BCUT2D eigenvalue weighted by Gasteiger charge is 2.20. The van der Waals surface area contributed by atoms with Gasteiger partial charge in [-0.05, 0) is 42.5 Å². The number of carbonyl (C=O) groups is 1. The molecule has 2 aromatic rings. The van der Waals surface area contributed by atoms with E-state index in [1.165, 1.54) is 24.3 Å². The van der Waals surface area contributed by atoms with Crippen molar-refractivity contribution in [1.29, 1.82) is 0 Å². The Morgan fingerprint density at radius 2 is 1.81 bits per heavy atom. The predicted octanol–water partition coefficient (Wildman–Crippen LogP) is 3.85. The zero-order chi connectivity index (χ0) is 18.5. The fourth-order valence-corrected chi connectivity index (χ4v) is 3.13. The van der Waals surface area contributed by atoms with Gasteiger partial charge < -0.3 is 14.5 Å². The molecule has 2 aromatic carbocycles. The van der Waals surface area contributed by atoms with E-state index in [9.17, 15) is 9.18 Å². The molecule has 0 N–H and O–H groups in total. The Kier molecular flexibility index (Phi) is 5.78. The molecule has 0 radical (unpaired) electrons. The molecule has 0 spiro atoms. The van der Waals surface area contributed by atoms with Crippen molar-refractivity contribution in [1.82, 2.24) is 4.90 Å². The first-order valence-electron chi connectivity index (χ1n) is 8.38.